The van der Waals surface area contributed by atoms with E-state index in [9.17, 15) is 0 Å². The van der Waals surface area contributed by atoms with Crippen LogP contribution in [0.2, 0.25) is 12.1 Å². The molecule has 0 nitrogen and oxygen atoms in total. The van der Waals surface area contributed by atoms with E-state index in [2.05, 4.69) is 43.0 Å². The van der Waals surface area contributed by atoms with E-state index in [-0.39, 0.29) is 0 Å². The SMILES string of the molecule is C#C[Si](C#Cc1ccccc1)(CCCCCC)CCCCCC. The smallest absolute Gasteiger partial charge is 0.126 e. The van der Waals surface area contributed by atoms with E-state index in [1.54, 1.807) is 0 Å². The van der Waals surface area contributed by atoms with Gasteiger partial charge in [0.05, 0.1) is 0 Å². The number of benzene rings is 1. The Balaban J connectivity index is 2.76. The van der Waals surface area contributed by atoms with Gasteiger partial charge < -0.3 is 0 Å². The van der Waals surface area contributed by atoms with Crippen molar-refractivity contribution < 1.29 is 0 Å². The molecule has 0 saturated carbocycles. The van der Waals surface area contributed by atoms with Crippen LogP contribution in [0.3, 0.4) is 0 Å². The normalized spacial score (nSPS) is 10.7. The van der Waals surface area contributed by atoms with Crippen molar-refractivity contribution in [3.8, 4) is 23.4 Å². The summed E-state index contributed by atoms with van der Waals surface area (Å²) < 4.78 is 0. The number of terminal acetylenes is 1. The molecule has 0 bridgehead atoms. The number of rotatable bonds is 10. The van der Waals surface area contributed by atoms with Gasteiger partial charge >= 0.3 is 0 Å². The number of hydrogen-bond acceptors (Lipinski definition) is 0. The predicted molar refractivity (Wildman–Crippen MR) is 106 cm³/mol. The van der Waals surface area contributed by atoms with E-state index in [1.807, 2.05) is 18.2 Å². The van der Waals surface area contributed by atoms with Gasteiger partial charge in [0, 0.05) is 5.56 Å². The molecule has 0 aliphatic carbocycles. The monoisotopic (exact) mass is 324 g/mol. The first-order valence-electron chi connectivity index (χ1n) is 9.32. The summed E-state index contributed by atoms with van der Waals surface area (Å²) >= 11 is 0. The number of unbranched alkanes of at least 4 members (excludes halogenated alkanes) is 6. The Kier molecular flexibility index (Phi) is 10.3. The minimum absolute atomic E-state index is 1.10. The van der Waals surface area contributed by atoms with Crippen LogP contribution in [-0.4, -0.2) is 8.07 Å². The van der Waals surface area contributed by atoms with Crippen molar-refractivity contribution in [1.29, 1.82) is 0 Å². The molecule has 1 aromatic rings. The molecule has 0 fully saturated rings. The van der Waals surface area contributed by atoms with Gasteiger partial charge in [0.1, 0.15) is 0 Å². The van der Waals surface area contributed by atoms with Crippen LogP contribution in [0.1, 0.15) is 70.8 Å². The van der Waals surface area contributed by atoms with Crippen LogP contribution in [0.4, 0.5) is 0 Å². The summed E-state index contributed by atoms with van der Waals surface area (Å²) in [4.78, 5) is 0. The first-order valence-corrected chi connectivity index (χ1v) is 11.7. The van der Waals surface area contributed by atoms with E-state index in [0.29, 0.717) is 0 Å². The lowest BCUT2D eigenvalue weighted by atomic mass is 10.2. The molecule has 0 heterocycles. The van der Waals surface area contributed by atoms with Gasteiger partial charge in [-0.05, 0) is 24.2 Å². The second-order valence-corrected chi connectivity index (χ2v) is 10.2. The van der Waals surface area contributed by atoms with Crippen molar-refractivity contribution in [1.82, 2.24) is 0 Å². The van der Waals surface area contributed by atoms with Crippen LogP contribution in [0.25, 0.3) is 0 Å². The fraction of sp³-hybridized carbons (Fsp3) is 0.545. The van der Waals surface area contributed by atoms with Gasteiger partial charge in [-0.1, -0.05) is 89.3 Å². The third-order valence-electron chi connectivity index (χ3n) is 4.41. The number of hydrogen-bond donors (Lipinski definition) is 0. The maximum atomic E-state index is 6.01. The minimum atomic E-state index is -1.89. The zero-order chi connectivity index (χ0) is 16.8. The summed E-state index contributed by atoms with van der Waals surface area (Å²) in [6, 6.07) is 12.6. The molecular formula is C22H32Si. The average molecular weight is 325 g/mol. The summed E-state index contributed by atoms with van der Waals surface area (Å²) in [5.74, 6) is 3.39. The molecule has 0 aromatic heterocycles. The largest absolute Gasteiger partial charge is 0.216 e. The third-order valence-corrected chi connectivity index (χ3v) is 7.98. The van der Waals surface area contributed by atoms with Gasteiger partial charge in [-0.3, -0.25) is 0 Å². The molecule has 1 rings (SSSR count). The van der Waals surface area contributed by atoms with Gasteiger partial charge in [-0.2, -0.15) is 0 Å². The molecule has 1 heteroatoms. The zero-order valence-corrected chi connectivity index (χ0v) is 16.0. The maximum Gasteiger partial charge on any atom is 0.216 e. The van der Waals surface area contributed by atoms with E-state index in [0.717, 1.165) is 5.56 Å². The van der Waals surface area contributed by atoms with Crippen LogP contribution < -0.4 is 0 Å². The van der Waals surface area contributed by atoms with Gasteiger partial charge in [0.2, 0.25) is 8.07 Å². The van der Waals surface area contributed by atoms with Gasteiger partial charge in [0.15, 0.2) is 0 Å². The summed E-state index contributed by atoms with van der Waals surface area (Å²) in [5, 5.41) is 0. The Morgan fingerprint density at radius 2 is 1.39 bits per heavy atom. The Morgan fingerprint density at radius 1 is 0.826 bits per heavy atom. The average Bonchev–Trinajstić information content (AvgIpc) is 2.60. The van der Waals surface area contributed by atoms with Gasteiger partial charge in [-0.15, -0.1) is 17.5 Å². The Hall–Kier alpha value is -1.44. The molecule has 0 aliphatic heterocycles. The molecule has 0 aliphatic rings. The molecule has 124 valence electrons. The molecule has 0 N–H and O–H groups in total. The molecule has 0 spiro atoms. The van der Waals surface area contributed by atoms with E-state index in [4.69, 9.17) is 6.42 Å². The molecule has 23 heavy (non-hydrogen) atoms. The lowest BCUT2D eigenvalue weighted by Crippen LogP contribution is -2.31. The summed E-state index contributed by atoms with van der Waals surface area (Å²) in [5.41, 5.74) is 7.91. The predicted octanol–water partition coefficient (Wildman–Crippen LogP) is 6.36. The molecule has 0 radical (unpaired) electrons. The minimum Gasteiger partial charge on any atom is -0.126 e. The lowest BCUT2D eigenvalue weighted by molar-refractivity contribution is 0.685. The standard InChI is InChI=1S/C22H32Si/c1-4-7-9-14-19-23(6-3,20-15-10-8-5-2)21-18-22-16-12-11-13-17-22/h3,11-13,16-17H,4-5,7-10,14-15,19-20H2,1-2H3. The third kappa shape index (κ3) is 8.10. The highest BCUT2D eigenvalue weighted by molar-refractivity contribution is 6.94. The van der Waals surface area contributed by atoms with Crippen molar-refractivity contribution in [3.05, 3.63) is 35.9 Å². The quantitative estimate of drug-likeness (QED) is 0.267. The van der Waals surface area contributed by atoms with Crippen molar-refractivity contribution >= 4 is 8.07 Å². The van der Waals surface area contributed by atoms with Crippen LogP contribution in [0, 0.1) is 23.4 Å². The molecule has 0 amide bonds. The van der Waals surface area contributed by atoms with E-state index in [1.165, 1.54) is 63.5 Å². The first kappa shape index (κ1) is 19.6. The highest BCUT2D eigenvalue weighted by Gasteiger charge is 2.28. The fourth-order valence-electron chi connectivity index (χ4n) is 2.85. The second kappa shape index (κ2) is 12.0. The molecule has 1 aromatic carbocycles. The lowest BCUT2D eigenvalue weighted by Gasteiger charge is -2.19. The van der Waals surface area contributed by atoms with Gasteiger partial charge in [-0.25, -0.2) is 0 Å². The van der Waals surface area contributed by atoms with Crippen LogP contribution in [0.15, 0.2) is 30.3 Å². The second-order valence-electron chi connectivity index (χ2n) is 6.46. The molecule has 0 atom stereocenters. The van der Waals surface area contributed by atoms with E-state index >= 15 is 0 Å². The van der Waals surface area contributed by atoms with Crippen LogP contribution in [-0.2, 0) is 0 Å². The van der Waals surface area contributed by atoms with Crippen LogP contribution >= 0.6 is 0 Å². The summed E-state index contributed by atoms with van der Waals surface area (Å²) in [6.45, 7) is 4.51. The fourth-order valence-corrected chi connectivity index (χ4v) is 5.80. The molecule has 0 unspecified atom stereocenters. The Labute approximate surface area is 145 Å². The van der Waals surface area contributed by atoms with Crippen molar-refractivity contribution in [2.75, 3.05) is 0 Å². The summed E-state index contributed by atoms with van der Waals surface area (Å²) in [7, 11) is -1.89. The Bertz CT molecular complexity index is 500. The Morgan fingerprint density at radius 3 is 1.87 bits per heavy atom. The van der Waals surface area contributed by atoms with Crippen molar-refractivity contribution in [2.45, 2.75) is 77.3 Å². The van der Waals surface area contributed by atoms with Crippen molar-refractivity contribution in [3.63, 3.8) is 0 Å². The topological polar surface area (TPSA) is 0 Å². The highest BCUT2D eigenvalue weighted by atomic mass is 28.3. The van der Waals surface area contributed by atoms with E-state index < -0.39 is 8.07 Å². The molecular weight excluding hydrogens is 292 g/mol. The van der Waals surface area contributed by atoms with Crippen molar-refractivity contribution in [2.24, 2.45) is 0 Å². The zero-order valence-electron chi connectivity index (χ0n) is 15.0. The van der Waals surface area contributed by atoms with Crippen LogP contribution in [0.5, 0.6) is 0 Å². The van der Waals surface area contributed by atoms with Gasteiger partial charge in [0.25, 0.3) is 0 Å². The summed E-state index contributed by atoms with van der Waals surface area (Å²) in [6.07, 6.45) is 16.3. The molecule has 0 saturated heterocycles. The highest BCUT2D eigenvalue weighted by Crippen LogP contribution is 2.22. The first-order chi connectivity index (χ1) is 11.3. The maximum absolute atomic E-state index is 6.01.